The van der Waals surface area contributed by atoms with Crippen LogP contribution >= 0.6 is 0 Å². The van der Waals surface area contributed by atoms with Crippen LogP contribution in [-0.4, -0.2) is 23.3 Å². The fourth-order valence-corrected chi connectivity index (χ4v) is 1.32. The first kappa shape index (κ1) is 6.73. The van der Waals surface area contributed by atoms with Gasteiger partial charge in [-0.1, -0.05) is 0 Å². The Morgan fingerprint density at radius 3 is 2.82 bits per heavy atom. The minimum Gasteiger partial charge on any atom is -0.349 e. The van der Waals surface area contributed by atoms with Crippen molar-refractivity contribution >= 4 is 11.6 Å². The standard InChI is InChI=1S/C8H8O3/c1-4-3-5(9)8(2)7(11-8)6(4)10/h3,7H,1-2H3. The molecule has 0 N–H and O–H groups in total. The molecule has 0 spiro atoms. The zero-order chi connectivity index (χ0) is 8.22. The number of carbonyl (C=O) groups is 2. The molecule has 3 heteroatoms. The van der Waals surface area contributed by atoms with Gasteiger partial charge in [-0.3, -0.25) is 9.59 Å². The summed E-state index contributed by atoms with van der Waals surface area (Å²) in [5, 5.41) is 0. The van der Waals surface area contributed by atoms with Gasteiger partial charge in [0.1, 0.15) is 0 Å². The molecule has 2 aliphatic rings. The van der Waals surface area contributed by atoms with Crippen LogP contribution in [0.3, 0.4) is 0 Å². The number of ketones is 2. The van der Waals surface area contributed by atoms with E-state index in [0.29, 0.717) is 5.57 Å². The summed E-state index contributed by atoms with van der Waals surface area (Å²) in [6.07, 6.45) is 0.881. The van der Waals surface area contributed by atoms with Gasteiger partial charge >= 0.3 is 0 Å². The molecule has 2 rings (SSSR count). The first-order valence-electron chi connectivity index (χ1n) is 3.50. The predicted molar refractivity (Wildman–Crippen MR) is 37.0 cm³/mol. The van der Waals surface area contributed by atoms with E-state index in [1.54, 1.807) is 13.8 Å². The Morgan fingerprint density at radius 1 is 1.55 bits per heavy atom. The lowest BCUT2D eigenvalue weighted by Gasteiger charge is -2.07. The fourth-order valence-electron chi connectivity index (χ4n) is 1.32. The Bertz CT molecular complexity index is 290. The number of rotatable bonds is 0. The Labute approximate surface area is 64.0 Å². The normalized spacial score (nSPS) is 41.6. The molecule has 0 saturated carbocycles. The van der Waals surface area contributed by atoms with Gasteiger partial charge in [-0.05, 0) is 25.5 Å². The van der Waals surface area contributed by atoms with E-state index in [0.717, 1.165) is 0 Å². The Balaban J connectivity index is 2.45. The highest BCUT2D eigenvalue weighted by Crippen LogP contribution is 2.42. The molecule has 1 heterocycles. The minimum atomic E-state index is -0.809. The summed E-state index contributed by atoms with van der Waals surface area (Å²) in [5.41, 5.74) is -0.300. The topological polar surface area (TPSA) is 46.7 Å². The van der Waals surface area contributed by atoms with Crippen LogP contribution in [0.5, 0.6) is 0 Å². The second-order valence-electron chi connectivity index (χ2n) is 3.16. The maximum Gasteiger partial charge on any atom is 0.190 e. The van der Waals surface area contributed by atoms with E-state index < -0.39 is 11.7 Å². The van der Waals surface area contributed by atoms with Crippen molar-refractivity contribution in [2.45, 2.75) is 25.6 Å². The van der Waals surface area contributed by atoms with Gasteiger partial charge < -0.3 is 4.74 Å². The third-order valence-corrected chi connectivity index (χ3v) is 2.27. The van der Waals surface area contributed by atoms with Crippen LogP contribution in [0.25, 0.3) is 0 Å². The number of carbonyl (C=O) groups excluding carboxylic acids is 2. The van der Waals surface area contributed by atoms with Gasteiger partial charge in [0.2, 0.25) is 0 Å². The molecule has 0 radical (unpaired) electrons. The van der Waals surface area contributed by atoms with Gasteiger partial charge in [0.05, 0.1) is 0 Å². The summed E-state index contributed by atoms with van der Waals surface area (Å²) < 4.78 is 5.01. The number of Topliss-reactive ketones (excluding diaryl/α,β-unsaturated/α-hetero) is 1. The second-order valence-corrected chi connectivity index (χ2v) is 3.16. The zero-order valence-corrected chi connectivity index (χ0v) is 6.38. The van der Waals surface area contributed by atoms with E-state index in [1.807, 2.05) is 0 Å². The Hall–Kier alpha value is -0.960. The first-order chi connectivity index (χ1) is 5.05. The minimum absolute atomic E-state index is 0.0490. The first-order valence-corrected chi connectivity index (χ1v) is 3.50. The molecule has 0 aromatic heterocycles. The lowest BCUT2D eigenvalue weighted by atomic mass is 9.90. The highest BCUT2D eigenvalue weighted by Gasteiger charge is 2.63. The highest BCUT2D eigenvalue weighted by atomic mass is 16.6. The molecule has 2 unspecified atom stereocenters. The third-order valence-electron chi connectivity index (χ3n) is 2.27. The van der Waals surface area contributed by atoms with Gasteiger partial charge in [-0.2, -0.15) is 0 Å². The number of hydrogen-bond donors (Lipinski definition) is 0. The van der Waals surface area contributed by atoms with Gasteiger partial charge in [-0.25, -0.2) is 0 Å². The van der Waals surface area contributed by atoms with Crippen molar-refractivity contribution in [3.63, 3.8) is 0 Å². The van der Waals surface area contributed by atoms with Crippen LogP contribution in [0, 0.1) is 0 Å². The summed E-state index contributed by atoms with van der Waals surface area (Å²) in [7, 11) is 0. The Kier molecular flexibility index (Phi) is 0.986. The number of fused-ring (bicyclic) bond motifs is 1. The number of ether oxygens (including phenoxy) is 1. The summed E-state index contributed by atoms with van der Waals surface area (Å²) in [5.74, 6) is -0.133. The van der Waals surface area contributed by atoms with Crippen molar-refractivity contribution in [1.29, 1.82) is 0 Å². The molecule has 58 valence electrons. The smallest absolute Gasteiger partial charge is 0.190 e. The van der Waals surface area contributed by atoms with E-state index in [-0.39, 0.29) is 11.6 Å². The van der Waals surface area contributed by atoms with Crippen LogP contribution in [0.2, 0.25) is 0 Å². The third kappa shape index (κ3) is 0.661. The highest BCUT2D eigenvalue weighted by molar-refractivity contribution is 6.17. The maximum absolute atomic E-state index is 11.2. The van der Waals surface area contributed by atoms with E-state index >= 15 is 0 Å². The molecule has 2 atom stereocenters. The lowest BCUT2D eigenvalue weighted by molar-refractivity contribution is -0.121. The molecule has 1 aliphatic carbocycles. The van der Waals surface area contributed by atoms with Crippen LogP contribution in [-0.2, 0) is 14.3 Å². The SMILES string of the molecule is CC1=CC(=O)C2(C)OC2C1=O. The van der Waals surface area contributed by atoms with Gasteiger partial charge in [0.25, 0.3) is 0 Å². The van der Waals surface area contributed by atoms with E-state index in [4.69, 9.17) is 4.74 Å². The predicted octanol–water partition coefficient (Wildman–Crippen LogP) is 0.242. The number of hydrogen-bond acceptors (Lipinski definition) is 3. The molecule has 0 aromatic carbocycles. The van der Waals surface area contributed by atoms with E-state index in [1.165, 1.54) is 6.08 Å². The molecule has 1 aliphatic heterocycles. The molecule has 0 amide bonds. The van der Waals surface area contributed by atoms with E-state index in [9.17, 15) is 9.59 Å². The monoisotopic (exact) mass is 152 g/mol. The fraction of sp³-hybridized carbons (Fsp3) is 0.500. The van der Waals surface area contributed by atoms with Crippen molar-refractivity contribution in [3.8, 4) is 0 Å². The summed E-state index contributed by atoms with van der Waals surface area (Å²) >= 11 is 0. The molecular weight excluding hydrogens is 144 g/mol. The van der Waals surface area contributed by atoms with Crippen LogP contribution in [0.15, 0.2) is 11.6 Å². The maximum atomic E-state index is 11.2. The average Bonchev–Trinajstić information content (AvgIpc) is 2.60. The van der Waals surface area contributed by atoms with Crippen molar-refractivity contribution in [3.05, 3.63) is 11.6 Å². The average molecular weight is 152 g/mol. The summed E-state index contributed by atoms with van der Waals surface area (Å²) in [6.45, 7) is 3.29. The molecule has 11 heavy (non-hydrogen) atoms. The number of epoxide rings is 1. The molecule has 1 fully saturated rings. The van der Waals surface area contributed by atoms with Crippen LogP contribution < -0.4 is 0 Å². The second kappa shape index (κ2) is 1.61. The molecule has 0 bridgehead atoms. The van der Waals surface area contributed by atoms with Crippen molar-refractivity contribution in [2.75, 3.05) is 0 Å². The quantitative estimate of drug-likeness (QED) is 0.467. The van der Waals surface area contributed by atoms with Crippen molar-refractivity contribution < 1.29 is 14.3 Å². The molecule has 1 saturated heterocycles. The van der Waals surface area contributed by atoms with Crippen molar-refractivity contribution in [1.82, 2.24) is 0 Å². The van der Waals surface area contributed by atoms with Crippen molar-refractivity contribution in [2.24, 2.45) is 0 Å². The zero-order valence-electron chi connectivity index (χ0n) is 6.38. The van der Waals surface area contributed by atoms with Crippen LogP contribution in [0.4, 0.5) is 0 Å². The lowest BCUT2D eigenvalue weighted by Crippen LogP contribution is -2.31. The summed E-state index contributed by atoms with van der Waals surface area (Å²) in [4.78, 5) is 22.3. The summed E-state index contributed by atoms with van der Waals surface area (Å²) in [6, 6.07) is 0. The van der Waals surface area contributed by atoms with Gasteiger partial charge in [0, 0.05) is 0 Å². The molecule has 3 nitrogen and oxygen atoms in total. The van der Waals surface area contributed by atoms with E-state index in [2.05, 4.69) is 0 Å². The van der Waals surface area contributed by atoms with Gasteiger partial charge in [-0.15, -0.1) is 0 Å². The van der Waals surface area contributed by atoms with Crippen LogP contribution in [0.1, 0.15) is 13.8 Å². The molecule has 0 aromatic rings. The largest absolute Gasteiger partial charge is 0.349 e. The molecular formula is C8H8O3. The van der Waals surface area contributed by atoms with Gasteiger partial charge in [0.15, 0.2) is 23.3 Å². The Morgan fingerprint density at radius 2 is 2.18 bits per heavy atom.